The maximum Gasteiger partial charge on any atom is 0.0919 e. The number of ether oxygens (including phenoxy) is 1. The van der Waals surface area contributed by atoms with Crippen molar-refractivity contribution in [1.29, 1.82) is 0 Å². The fourth-order valence-corrected chi connectivity index (χ4v) is 7.22. The monoisotopic (exact) mass is 286 g/mol. The zero-order chi connectivity index (χ0) is 14.2. The molecule has 0 aromatic heterocycles. The first-order valence-electron chi connectivity index (χ1n) is 9.44. The van der Waals surface area contributed by atoms with Crippen molar-refractivity contribution in [3.05, 3.63) is 12.2 Å². The van der Waals surface area contributed by atoms with E-state index in [-0.39, 0.29) is 0 Å². The first-order valence-corrected chi connectivity index (χ1v) is 9.44. The van der Waals surface area contributed by atoms with Crippen LogP contribution in [0, 0.1) is 35.0 Å². The lowest BCUT2D eigenvalue weighted by Crippen LogP contribution is -2.48. The Morgan fingerprint density at radius 2 is 1.81 bits per heavy atom. The van der Waals surface area contributed by atoms with Crippen molar-refractivity contribution in [3.63, 3.8) is 0 Å². The van der Waals surface area contributed by atoms with Crippen molar-refractivity contribution in [2.24, 2.45) is 35.0 Å². The lowest BCUT2D eigenvalue weighted by Gasteiger charge is -2.55. The van der Waals surface area contributed by atoms with Gasteiger partial charge in [0.2, 0.25) is 0 Å². The van der Waals surface area contributed by atoms with Crippen LogP contribution in [0.15, 0.2) is 12.2 Å². The molecule has 2 unspecified atom stereocenters. The number of hydrogen-bond acceptors (Lipinski definition) is 1. The van der Waals surface area contributed by atoms with Gasteiger partial charge in [-0.1, -0.05) is 19.1 Å². The molecule has 5 aliphatic rings. The normalized spacial score (nSPS) is 58.5. The van der Waals surface area contributed by atoms with Gasteiger partial charge >= 0.3 is 0 Å². The second-order valence-electron chi connectivity index (χ2n) is 9.25. The van der Waals surface area contributed by atoms with E-state index in [0.717, 1.165) is 36.2 Å². The molecule has 1 saturated heterocycles. The first-order chi connectivity index (χ1) is 10.1. The number of allylic oxidation sites excluding steroid dienone is 1. The van der Waals surface area contributed by atoms with Crippen LogP contribution in [0.4, 0.5) is 0 Å². The van der Waals surface area contributed by atoms with Gasteiger partial charge < -0.3 is 4.74 Å². The van der Waals surface area contributed by atoms with E-state index in [2.05, 4.69) is 13.5 Å². The highest BCUT2D eigenvalue weighted by Crippen LogP contribution is 2.64. The number of epoxide rings is 1. The second-order valence-corrected chi connectivity index (χ2v) is 9.25. The molecule has 21 heavy (non-hydrogen) atoms. The van der Waals surface area contributed by atoms with Crippen molar-refractivity contribution < 1.29 is 4.74 Å². The van der Waals surface area contributed by atoms with Crippen LogP contribution in [0.3, 0.4) is 0 Å². The zero-order valence-corrected chi connectivity index (χ0v) is 13.6. The molecule has 0 amide bonds. The number of fused-ring (bicyclic) bond motifs is 5. The Kier molecular flexibility index (Phi) is 2.61. The average molecular weight is 286 g/mol. The number of rotatable bonds is 0. The van der Waals surface area contributed by atoms with E-state index in [0.29, 0.717) is 11.0 Å². The topological polar surface area (TPSA) is 12.5 Å². The fourth-order valence-electron chi connectivity index (χ4n) is 7.22. The Labute approximate surface area is 129 Å². The predicted octanol–water partition coefficient (Wildman–Crippen LogP) is 4.96. The van der Waals surface area contributed by atoms with Crippen LogP contribution in [-0.4, -0.2) is 12.2 Å². The van der Waals surface area contributed by atoms with Crippen molar-refractivity contribution >= 4 is 0 Å². The van der Waals surface area contributed by atoms with Gasteiger partial charge in [-0.25, -0.2) is 0 Å². The van der Waals surface area contributed by atoms with E-state index in [9.17, 15) is 0 Å². The van der Waals surface area contributed by atoms with E-state index in [4.69, 9.17) is 4.74 Å². The van der Waals surface area contributed by atoms with Gasteiger partial charge in [0.15, 0.2) is 0 Å². The van der Waals surface area contributed by atoms with E-state index in [1.165, 1.54) is 57.8 Å². The van der Waals surface area contributed by atoms with E-state index >= 15 is 0 Å². The maximum atomic E-state index is 5.81. The molecule has 1 heteroatoms. The molecule has 1 heterocycles. The highest BCUT2D eigenvalue weighted by atomic mass is 16.6. The maximum absolute atomic E-state index is 5.81. The molecule has 0 N–H and O–H groups in total. The summed E-state index contributed by atoms with van der Waals surface area (Å²) in [7, 11) is 0. The average Bonchev–Trinajstić information content (AvgIpc) is 3.16. The molecule has 116 valence electrons. The van der Waals surface area contributed by atoms with Crippen LogP contribution in [0.25, 0.3) is 0 Å². The lowest BCUT2D eigenvalue weighted by molar-refractivity contribution is -0.0517. The molecule has 7 atom stereocenters. The summed E-state index contributed by atoms with van der Waals surface area (Å²) < 4.78 is 5.81. The van der Waals surface area contributed by atoms with Gasteiger partial charge in [-0.2, -0.15) is 0 Å². The fraction of sp³-hybridized carbons (Fsp3) is 0.900. The van der Waals surface area contributed by atoms with Crippen LogP contribution >= 0.6 is 0 Å². The summed E-state index contributed by atoms with van der Waals surface area (Å²) in [4.78, 5) is 0. The summed E-state index contributed by atoms with van der Waals surface area (Å²) in [6.45, 7) is 8.06. The van der Waals surface area contributed by atoms with Gasteiger partial charge in [0.25, 0.3) is 0 Å². The van der Waals surface area contributed by atoms with Crippen LogP contribution in [0.2, 0.25) is 0 Å². The SMILES string of the molecule is C=C1CC[C@H]2[C@@H]3CC[C@@H]4CC5(CC[C@@H]4C3CC[C@]12C)CO5. The molecule has 1 aliphatic heterocycles. The minimum absolute atomic E-state index is 0.374. The van der Waals surface area contributed by atoms with Gasteiger partial charge in [-0.15, -0.1) is 0 Å². The van der Waals surface area contributed by atoms with Gasteiger partial charge in [-0.3, -0.25) is 0 Å². The molecule has 1 nitrogen and oxygen atoms in total. The van der Waals surface area contributed by atoms with Gasteiger partial charge in [0.05, 0.1) is 12.2 Å². The highest BCUT2D eigenvalue weighted by Gasteiger charge is 2.58. The highest BCUT2D eigenvalue weighted by molar-refractivity contribution is 5.20. The van der Waals surface area contributed by atoms with Crippen LogP contribution in [0.5, 0.6) is 0 Å². The first kappa shape index (κ1) is 13.2. The third-order valence-corrected chi connectivity index (χ3v) is 8.59. The lowest BCUT2D eigenvalue weighted by atomic mass is 9.50. The third-order valence-electron chi connectivity index (χ3n) is 8.59. The Morgan fingerprint density at radius 1 is 1.00 bits per heavy atom. The second kappa shape index (κ2) is 4.16. The van der Waals surface area contributed by atoms with E-state index in [1.807, 2.05) is 0 Å². The molecular formula is C20H30O. The minimum atomic E-state index is 0.374. The van der Waals surface area contributed by atoms with E-state index in [1.54, 1.807) is 5.57 Å². The standard InChI is InChI=1S/C20H30O/c1-13-3-6-18-17-5-4-14-11-20(12-21-20)10-8-15(14)16(17)7-9-19(13,18)2/h14-18H,1,3-12H2,2H3/t14-,15+,16?,17-,18+,19-,20?/m1/s1. The molecule has 1 spiro atoms. The molecule has 0 radical (unpaired) electrons. The van der Waals surface area contributed by atoms with E-state index < -0.39 is 0 Å². The Balaban J connectivity index is 1.40. The molecule has 0 aromatic rings. The van der Waals surface area contributed by atoms with Crippen molar-refractivity contribution in [1.82, 2.24) is 0 Å². The van der Waals surface area contributed by atoms with Crippen molar-refractivity contribution in [2.75, 3.05) is 6.61 Å². The molecule has 4 aliphatic carbocycles. The Bertz CT molecular complexity index is 476. The summed E-state index contributed by atoms with van der Waals surface area (Å²) in [6.07, 6.45) is 12.9. The third kappa shape index (κ3) is 1.73. The summed E-state index contributed by atoms with van der Waals surface area (Å²) in [5.74, 6) is 5.08. The molecule has 5 rings (SSSR count). The predicted molar refractivity (Wildman–Crippen MR) is 84.9 cm³/mol. The Hall–Kier alpha value is -0.300. The molecule has 4 saturated carbocycles. The molecule has 5 fully saturated rings. The van der Waals surface area contributed by atoms with Crippen LogP contribution in [-0.2, 0) is 4.74 Å². The van der Waals surface area contributed by atoms with Gasteiger partial charge in [-0.05, 0) is 92.8 Å². The van der Waals surface area contributed by atoms with Crippen molar-refractivity contribution in [2.45, 2.75) is 70.3 Å². The zero-order valence-electron chi connectivity index (χ0n) is 13.6. The van der Waals surface area contributed by atoms with Crippen LogP contribution in [0.1, 0.15) is 64.7 Å². The summed E-state index contributed by atoms with van der Waals surface area (Å²) in [6, 6.07) is 0. The largest absolute Gasteiger partial charge is 0.370 e. The van der Waals surface area contributed by atoms with Gasteiger partial charge in [0.1, 0.15) is 0 Å². The molecular weight excluding hydrogens is 256 g/mol. The molecule has 0 bridgehead atoms. The quantitative estimate of drug-likeness (QED) is 0.453. The van der Waals surface area contributed by atoms with Crippen LogP contribution < -0.4 is 0 Å². The summed E-state index contributed by atoms with van der Waals surface area (Å²) in [5.41, 5.74) is 2.46. The smallest absolute Gasteiger partial charge is 0.0919 e. The summed E-state index contributed by atoms with van der Waals surface area (Å²) in [5, 5.41) is 0. The number of hydrogen-bond donors (Lipinski definition) is 0. The minimum Gasteiger partial charge on any atom is -0.370 e. The Morgan fingerprint density at radius 3 is 2.62 bits per heavy atom. The van der Waals surface area contributed by atoms with Crippen molar-refractivity contribution in [3.8, 4) is 0 Å². The van der Waals surface area contributed by atoms with Gasteiger partial charge in [0, 0.05) is 0 Å². The molecule has 0 aromatic carbocycles. The summed E-state index contributed by atoms with van der Waals surface area (Å²) >= 11 is 0.